The zero-order chi connectivity index (χ0) is 14.8. The fourth-order valence-electron chi connectivity index (χ4n) is 3.07. The normalized spacial score (nSPS) is 30.2. The van der Waals surface area contributed by atoms with Crippen LogP contribution in [0.4, 0.5) is 0 Å². The summed E-state index contributed by atoms with van der Waals surface area (Å²) < 4.78 is 5.71. The summed E-state index contributed by atoms with van der Waals surface area (Å²) >= 11 is 0. The quantitative estimate of drug-likeness (QED) is 0.849. The lowest BCUT2D eigenvalue weighted by atomic mass is 9.95. The van der Waals surface area contributed by atoms with Crippen molar-refractivity contribution in [1.29, 1.82) is 0 Å². The Labute approximate surface area is 121 Å². The Kier molecular flexibility index (Phi) is 4.68. The van der Waals surface area contributed by atoms with E-state index in [0.29, 0.717) is 13.0 Å². The SMILES string of the molecule is CCC1C(=O)NC(C)(C)C(=O)N1CCC1CCCCO1. The molecule has 2 amide bonds. The van der Waals surface area contributed by atoms with Gasteiger partial charge in [-0.1, -0.05) is 6.92 Å². The van der Waals surface area contributed by atoms with Crippen molar-refractivity contribution in [3.05, 3.63) is 0 Å². The van der Waals surface area contributed by atoms with E-state index in [0.717, 1.165) is 25.9 Å². The Bertz CT molecular complexity index is 375. The lowest BCUT2D eigenvalue weighted by Gasteiger charge is -2.43. The number of hydrogen-bond donors (Lipinski definition) is 1. The topological polar surface area (TPSA) is 58.6 Å². The zero-order valence-corrected chi connectivity index (χ0v) is 12.8. The number of nitrogens with zero attached hydrogens (tertiary/aromatic N) is 1. The second-order valence-electron chi connectivity index (χ2n) is 6.31. The summed E-state index contributed by atoms with van der Waals surface area (Å²) in [6.45, 7) is 6.91. The number of ether oxygens (including phenoxy) is 1. The Hall–Kier alpha value is -1.10. The first-order valence-electron chi connectivity index (χ1n) is 7.70. The summed E-state index contributed by atoms with van der Waals surface area (Å²) in [6.07, 6.45) is 5.11. The van der Waals surface area contributed by atoms with Gasteiger partial charge in [-0.25, -0.2) is 0 Å². The third kappa shape index (κ3) is 3.14. The van der Waals surface area contributed by atoms with Gasteiger partial charge in [0.2, 0.25) is 11.8 Å². The summed E-state index contributed by atoms with van der Waals surface area (Å²) in [7, 11) is 0. The molecule has 2 heterocycles. The second kappa shape index (κ2) is 6.12. The van der Waals surface area contributed by atoms with Crippen LogP contribution < -0.4 is 5.32 Å². The molecule has 2 atom stereocenters. The molecule has 0 aromatic carbocycles. The van der Waals surface area contributed by atoms with Crippen LogP contribution in [0.5, 0.6) is 0 Å². The van der Waals surface area contributed by atoms with Crippen LogP contribution in [0.1, 0.15) is 52.9 Å². The number of carbonyl (C=O) groups is 2. The third-order valence-corrected chi connectivity index (χ3v) is 4.26. The van der Waals surface area contributed by atoms with Gasteiger partial charge in [0.25, 0.3) is 0 Å². The van der Waals surface area contributed by atoms with Gasteiger partial charge in [-0.15, -0.1) is 0 Å². The molecule has 2 rings (SSSR count). The first-order valence-corrected chi connectivity index (χ1v) is 7.70. The molecular weight excluding hydrogens is 256 g/mol. The van der Waals surface area contributed by atoms with E-state index in [-0.39, 0.29) is 24.0 Å². The van der Waals surface area contributed by atoms with Crippen molar-refractivity contribution in [2.45, 2.75) is 70.6 Å². The van der Waals surface area contributed by atoms with Gasteiger partial charge in [0, 0.05) is 13.2 Å². The lowest BCUT2D eigenvalue weighted by Crippen LogP contribution is -2.68. The fourth-order valence-corrected chi connectivity index (χ4v) is 3.07. The molecule has 114 valence electrons. The van der Waals surface area contributed by atoms with E-state index >= 15 is 0 Å². The number of carbonyl (C=O) groups excluding carboxylic acids is 2. The summed E-state index contributed by atoms with van der Waals surface area (Å²) in [4.78, 5) is 26.4. The predicted molar refractivity (Wildman–Crippen MR) is 76.2 cm³/mol. The molecule has 2 unspecified atom stereocenters. The number of nitrogens with one attached hydrogen (secondary N) is 1. The van der Waals surface area contributed by atoms with Crippen LogP contribution in [0.3, 0.4) is 0 Å². The Balaban J connectivity index is 2.01. The number of amides is 2. The van der Waals surface area contributed by atoms with Crippen LogP contribution in [0.15, 0.2) is 0 Å². The van der Waals surface area contributed by atoms with Crippen molar-refractivity contribution in [2.24, 2.45) is 0 Å². The highest BCUT2D eigenvalue weighted by molar-refractivity contribution is 5.99. The van der Waals surface area contributed by atoms with E-state index in [1.165, 1.54) is 6.42 Å². The Morgan fingerprint density at radius 1 is 1.35 bits per heavy atom. The maximum absolute atomic E-state index is 12.5. The van der Waals surface area contributed by atoms with Crippen LogP contribution in [0.25, 0.3) is 0 Å². The molecule has 5 nitrogen and oxygen atoms in total. The number of rotatable bonds is 4. The molecule has 2 fully saturated rings. The Morgan fingerprint density at radius 2 is 2.10 bits per heavy atom. The van der Waals surface area contributed by atoms with Crippen molar-refractivity contribution in [3.8, 4) is 0 Å². The van der Waals surface area contributed by atoms with Gasteiger partial charge in [0.15, 0.2) is 0 Å². The molecular formula is C15H26N2O3. The molecule has 0 aliphatic carbocycles. The van der Waals surface area contributed by atoms with Gasteiger partial charge in [-0.3, -0.25) is 9.59 Å². The molecule has 2 saturated heterocycles. The molecule has 2 aliphatic heterocycles. The fraction of sp³-hybridized carbons (Fsp3) is 0.867. The van der Waals surface area contributed by atoms with Crippen molar-refractivity contribution in [3.63, 3.8) is 0 Å². The van der Waals surface area contributed by atoms with E-state index in [2.05, 4.69) is 5.32 Å². The molecule has 0 spiro atoms. The van der Waals surface area contributed by atoms with Crippen molar-refractivity contribution in [2.75, 3.05) is 13.2 Å². The first kappa shape index (κ1) is 15.3. The van der Waals surface area contributed by atoms with Gasteiger partial charge in [0.05, 0.1) is 6.10 Å². The van der Waals surface area contributed by atoms with E-state index in [1.807, 2.05) is 6.92 Å². The molecule has 5 heteroatoms. The van der Waals surface area contributed by atoms with E-state index in [9.17, 15) is 9.59 Å². The average molecular weight is 282 g/mol. The molecule has 0 aromatic rings. The van der Waals surface area contributed by atoms with Crippen molar-refractivity contribution >= 4 is 11.8 Å². The van der Waals surface area contributed by atoms with Gasteiger partial charge in [0.1, 0.15) is 11.6 Å². The summed E-state index contributed by atoms with van der Waals surface area (Å²) in [6, 6.07) is -0.334. The van der Waals surface area contributed by atoms with Crippen LogP contribution in [0, 0.1) is 0 Å². The van der Waals surface area contributed by atoms with Gasteiger partial charge in [-0.2, -0.15) is 0 Å². The minimum absolute atomic E-state index is 0.0137. The maximum Gasteiger partial charge on any atom is 0.248 e. The van der Waals surface area contributed by atoms with Crippen LogP contribution in [0.2, 0.25) is 0 Å². The van der Waals surface area contributed by atoms with E-state index < -0.39 is 5.54 Å². The minimum atomic E-state index is -0.795. The van der Waals surface area contributed by atoms with Gasteiger partial charge in [-0.05, 0) is 46.0 Å². The highest BCUT2D eigenvalue weighted by Crippen LogP contribution is 2.22. The lowest BCUT2D eigenvalue weighted by molar-refractivity contribution is -0.154. The third-order valence-electron chi connectivity index (χ3n) is 4.26. The molecule has 0 bridgehead atoms. The van der Waals surface area contributed by atoms with Crippen LogP contribution in [-0.4, -0.2) is 47.6 Å². The van der Waals surface area contributed by atoms with Crippen LogP contribution >= 0.6 is 0 Å². The maximum atomic E-state index is 12.5. The highest BCUT2D eigenvalue weighted by atomic mass is 16.5. The summed E-state index contributed by atoms with van der Waals surface area (Å²) in [5, 5.41) is 2.81. The standard InChI is InChI=1S/C15H26N2O3/c1-4-12-13(18)16-15(2,3)14(19)17(12)9-8-11-7-5-6-10-20-11/h11-12H,4-10H2,1-3H3,(H,16,18). The van der Waals surface area contributed by atoms with Gasteiger partial charge < -0.3 is 15.0 Å². The smallest absolute Gasteiger partial charge is 0.248 e. The monoisotopic (exact) mass is 282 g/mol. The van der Waals surface area contributed by atoms with E-state index in [1.54, 1.807) is 18.7 Å². The average Bonchev–Trinajstić information content (AvgIpc) is 2.42. The molecule has 0 aromatic heterocycles. The van der Waals surface area contributed by atoms with Gasteiger partial charge >= 0.3 is 0 Å². The van der Waals surface area contributed by atoms with Crippen molar-refractivity contribution < 1.29 is 14.3 Å². The largest absolute Gasteiger partial charge is 0.378 e. The second-order valence-corrected chi connectivity index (χ2v) is 6.31. The highest BCUT2D eigenvalue weighted by Gasteiger charge is 2.44. The molecule has 2 aliphatic rings. The van der Waals surface area contributed by atoms with Crippen LogP contribution in [-0.2, 0) is 14.3 Å². The molecule has 20 heavy (non-hydrogen) atoms. The number of piperazine rings is 1. The Morgan fingerprint density at radius 3 is 2.70 bits per heavy atom. The summed E-state index contributed by atoms with van der Waals surface area (Å²) in [5.41, 5.74) is -0.795. The predicted octanol–water partition coefficient (Wildman–Crippen LogP) is 1.46. The zero-order valence-electron chi connectivity index (χ0n) is 12.8. The van der Waals surface area contributed by atoms with E-state index in [4.69, 9.17) is 4.74 Å². The van der Waals surface area contributed by atoms with Crippen molar-refractivity contribution in [1.82, 2.24) is 10.2 Å². The summed E-state index contributed by atoms with van der Waals surface area (Å²) in [5.74, 6) is -0.0265. The minimum Gasteiger partial charge on any atom is -0.378 e. The molecule has 1 N–H and O–H groups in total. The first-order chi connectivity index (χ1) is 9.45. The molecule has 0 saturated carbocycles. The number of hydrogen-bond acceptors (Lipinski definition) is 3. The molecule has 0 radical (unpaired) electrons.